The van der Waals surface area contributed by atoms with Gasteiger partial charge in [-0.1, -0.05) is 6.92 Å². The monoisotopic (exact) mass is 151 g/mol. The Morgan fingerprint density at radius 3 is 3.45 bits per heavy atom. The number of hydrogen-bond acceptors (Lipinski definition) is 2. The van der Waals surface area contributed by atoms with Crippen molar-refractivity contribution < 1.29 is 0 Å². The molecule has 60 valence electrons. The number of imidazole rings is 1. The third-order valence-corrected chi connectivity index (χ3v) is 2.26. The number of nitrogens with zero attached hydrogens (tertiary/aromatic N) is 1. The first-order chi connectivity index (χ1) is 5.42. The smallest absolute Gasteiger partial charge is 0.0925 e. The summed E-state index contributed by atoms with van der Waals surface area (Å²) in [7, 11) is 0. The standard InChI is InChI=1S/C8H13N3/c1-2-6-8-7(3-4-9-6)10-5-11-8/h5-6,9H,2-4H2,1H3,(H,10,11)/t6-/m1/s1. The van der Waals surface area contributed by atoms with E-state index in [1.54, 1.807) is 6.33 Å². The summed E-state index contributed by atoms with van der Waals surface area (Å²) in [5, 5.41) is 3.43. The van der Waals surface area contributed by atoms with E-state index in [1.165, 1.54) is 11.4 Å². The Bertz CT molecular complexity index is 241. The van der Waals surface area contributed by atoms with E-state index in [1.807, 2.05) is 0 Å². The van der Waals surface area contributed by atoms with Crippen LogP contribution in [0.3, 0.4) is 0 Å². The molecule has 2 rings (SSSR count). The highest BCUT2D eigenvalue weighted by Gasteiger charge is 2.19. The van der Waals surface area contributed by atoms with Crippen molar-refractivity contribution in [1.82, 2.24) is 15.3 Å². The van der Waals surface area contributed by atoms with Gasteiger partial charge in [-0.25, -0.2) is 4.98 Å². The third-order valence-electron chi connectivity index (χ3n) is 2.26. The quantitative estimate of drug-likeness (QED) is 0.628. The van der Waals surface area contributed by atoms with Gasteiger partial charge in [-0.05, 0) is 6.42 Å². The van der Waals surface area contributed by atoms with Crippen molar-refractivity contribution >= 4 is 0 Å². The van der Waals surface area contributed by atoms with Crippen molar-refractivity contribution in [1.29, 1.82) is 0 Å². The Hall–Kier alpha value is -0.830. The van der Waals surface area contributed by atoms with Crippen LogP contribution in [0.4, 0.5) is 0 Å². The number of aromatic amines is 1. The lowest BCUT2D eigenvalue weighted by Crippen LogP contribution is -2.29. The molecule has 0 unspecified atom stereocenters. The molecule has 0 amide bonds. The largest absolute Gasteiger partial charge is 0.348 e. The lowest BCUT2D eigenvalue weighted by molar-refractivity contribution is 0.480. The summed E-state index contributed by atoms with van der Waals surface area (Å²) < 4.78 is 0. The number of aromatic nitrogens is 2. The summed E-state index contributed by atoms with van der Waals surface area (Å²) in [6.07, 6.45) is 4.00. The summed E-state index contributed by atoms with van der Waals surface area (Å²) in [6.45, 7) is 3.26. The molecule has 2 N–H and O–H groups in total. The van der Waals surface area contributed by atoms with Gasteiger partial charge < -0.3 is 10.3 Å². The van der Waals surface area contributed by atoms with Crippen molar-refractivity contribution in [3.63, 3.8) is 0 Å². The van der Waals surface area contributed by atoms with Crippen LogP contribution in [0.2, 0.25) is 0 Å². The van der Waals surface area contributed by atoms with Gasteiger partial charge in [0.2, 0.25) is 0 Å². The lowest BCUT2D eigenvalue weighted by Gasteiger charge is -2.21. The minimum Gasteiger partial charge on any atom is -0.348 e. The molecular weight excluding hydrogens is 138 g/mol. The summed E-state index contributed by atoms with van der Waals surface area (Å²) in [5.41, 5.74) is 2.54. The summed E-state index contributed by atoms with van der Waals surface area (Å²) in [4.78, 5) is 7.46. The van der Waals surface area contributed by atoms with Crippen LogP contribution in [-0.2, 0) is 6.42 Å². The second-order valence-corrected chi connectivity index (χ2v) is 2.93. The molecule has 0 radical (unpaired) electrons. The molecule has 0 aromatic carbocycles. The zero-order valence-electron chi connectivity index (χ0n) is 6.72. The van der Waals surface area contributed by atoms with E-state index in [4.69, 9.17) is 0 Å². The second-order valence-electron chi connectivity index (χ2n) is 2.93. The normalized spacial score (nSPS) is 23.2. The number of fused-ring (bicyclic) bond motifs is 1. The van der Waals surface area contributed by atoms with Crippen LogP contribution in [0.25, 0.3) is 0 Å². The average Bonchev–Trinajstić information content (AvgIpc) is 2.50. The third kappa shape index (κ3) is 1.05. The molecule has 1 atom stereocenters. The van der Waals surface area contributed by atoms with Gasteiger partial charge in [0.1, 0.15) is 0 Å². The predicted molar refractivity (Wildman–Crippen MR) is 43.3 cm³/mol. The molecule has 1 aliphatic heterocycles. The summed E-state index contributed by atoms with van der Waals surface area (Å²) in [5.74, 6) is 0. The molecule has 0 saturated carbocycles. The molecule has 0 aliphatic carbocycles. The second kappa shape index (κ2) is 2.66. The van der Waals surface area contributed by atoms with Crippen LogP contribution in [0.5, 0.6) is 0 Å². The van der Waals surface area contributed by atoms with Gasteiger partial charge in [-0.15, -0.1) is 0 Å². The average molecular weight is 151 g/mol. The summed E-state index contributed by atoms with van der Waals surface area (Å²) in [6, 6.07) is 0.477. The molecule has 0 bridgehead atoms. The molecule has 0 saturated heterocycles. The molecule has 1 aromatic heterocycles. The molecule has 2 heterocycles. The van der Waals surface area contributed by atoms with E-state index in [9.17, 15) is 0 Å². The zero-order valence-corrected chi connectivity index (χ0v) is 6.72. The Kier molecular flexibility index (Phi) is 1.66. The van der Waals surface area contributed by atoms with Crippen molar-refractivity contribution in [2.75, 3.05) is 6.54 Å². The fourth-order valence-electron chi connectivity index (χ4n) is 1.64. The number of nitrogens with one attached hydrogen (secondary N) is 2. The van der Waals surface area contributed by atoms with Gasteiger partial charge in [0.15, 0.2) is 0 Å². The van der Waals surface area contributed by atoms with E-state index < -0.39 is 0 Å². The molecular formula is C8H13N3. The highest BCUT2D eigenvalue weighted by atomic mass is 15.0. The van der Waals surface area contributed by atoms with Gasteiger partial charge in [0, 0.05) is 18.7 Å². The number of hydrogen-bond donors (Lipinski definition) is 2. The van der Waals surface area contributed by atoms with Crippen LogP contribution in [0.15, 0.2) is 6.33 Å². The lowest BCUT2D eigenvalue weighted by atomic mass is 10.0. The maximum Gasteiger partial charge on any atom is 0.0925 e. The van der Waals surface area contributed by atoms with Crippen LogP contribution >= 0.6 is 0 Å². The van der Waals surface area contributed by atoms with Gasteiger partial charge in [-0.2, -0.15) is 0 Å². The minimum absolute atomic E-state index is 0.477. The van der Waals surface area contributed by atoms with Crippen LogP contribution < -0.4 is 5.32 Å². The SMILES string of the molecule is CC[C@H]1NCCc2[nH]cnc21. The fourth-order valence-corrected chi connectivity index (χ4v) is 1.64. The molecule has 0 spiro atoms. The first-order valence-corrected chi connectivity index (χ1v) is 4.17. The topological polar surface area (TPSA) is 40.7 Å². The molecule has 11 heavy (non-hydrogen) atoms. The van der Waals surface area contributed by atoms with Crippen LogP contribution in [0, 0.1) is 0 Å². The molecule has 3 nitrogen and oxygen atoms in total. The van der Waals surface area contributed by atoms with E-state index in [0.29, 0.717) is 6.04 Å². The van der Waals surface area contributed by atoms with Gasteiger partial charge in [0.05, 0.1) is 18.1 Å². The van der Waals surface area contributed by atoms with Gasteiger partial charge >= 0.3 is 0 Å². The van der Waals surface area contributed by atoms with Crippen LogP contribution in [-0.4, -0.2) is 16.5 Å². The van der Waals surface area contributed by atoms with E-state index in [0.717, 1.165) is 19.4 Å². The number of rotatable bonds is 1. The van der Waals surface area contributed by atoms with E-state index >= 15 is 0 Å². The Morgan fingerprint density at radius 2 is 2.64 bits per heavy atom. The van der Waals surface area contributed by atoms with Gasteiger partial charge in [-0.3, -0.25) is 0 Å². The molecule has 1 aromatic rings. The molecule has 1 aliphatic rings. The Balaban J connectivity index is 2.32. The van der Waals surface area contributed by atoms with E-state index in [-0.39, 0.29) is 0 Å². The van der Waals surface area contributed by atoms with Crippen molar-refractivity contribution in [3.05, 3.63) is 17.7 Å². The molecule has 3 heteroatoms. The number of H-pyrrole nitrogens is 1. The van der Waals surface area contributed by atoms with E-state index in [2.05, 4.69) is 22.2 Å². The first kappa shape index (κ1) is 6.85. The Labute approximate surface area is 66.2 Å². The van der Waals surface area contributed by atoms with Crippen LogP contribution in [0.1, 0.15) is 30.8 Å². The highest BCUT2D eigenvalue weighted by Crippen LogP contribution is 2.20. The first-order valence-electron chi connectivity index (χ1n) is 4.17. The maximum atomic E-state index is 4.29. The molecule has 0 fully saturated rings. The predicted octanol–water partition coefficient (Wildman–Crippen LogP) is 1.01. The minimum atomic E-state index is 0.477. The fraction of sp³-hybridized carbons (Fsp3) is 0.625. The highest BCUT2D eigenvalue weighted by molar-refractivity contribution is 5.18. The van der Waals surface area contributed by atoms with Crippen molar-refractivity contribution in [3.8, 4) is 0 Å². The van der Waals surface area contributed by atoms with Crippen molar-refractivity contribution in [2.45, 2.75) is 25.8 Å². The van der Waals surface area contributed by atoms with Crippen molar-refractivity contribution in [2.24, 2.45) is 0 Å². The van der Waals surface area contributed by atoms with Gasteiger partial charge in [0.25, 0.3) is 0 Å². The maximum absolute atomic E-state index is 4.29. The zero-order chi connectivity index (χ0) is 7.68. The Morgan fingerprint density at radius 1 is 1.73 bits per heavy atom. The summed E-state index contributed by atoms with van der Waals surface area (Å²) >= 11 is 0.